The van der Waals surface area contributed by atoms with Crippen LogP contribution in [0.5, 0.6) is 0 Å². The minimum atomic E-state index is 1.23. The minimum absolute atomic E-state index is 1.23. The van der Waals surface area contributed by atoms with Gasteiger partial charge in [0.25, 0.3) is 0 Å². The molecule has 0 amide bonds. The van der Waals surface area contributed by atoms with Gasteiger partial charge in [-0.25, -0.2) is 4.57 Å². The minimum Gasteiger partial charge on any atom is -0.201 e. The van der Waals surface area contributed by atoms with E-state index in [1.54, 1.807) is 0 Å². The van der Waals surface area contributed by atoms with Crippen molar-refractivity contribution in [2.75, 3.05) is 0 Å². The van der Waals surface area contributed by atoms with Crippen molar-refractivity contribution in [3.05, 3.63) is 102 Å². The number of benzene rings is 3. The summed E-state index contributed by atoms with van der Waals surface area (Å²) in [5.74, 6) is 0. The lowest BCUT2D eigenvalue weighted by Gasteiger charge is -2.12. The lowest BCUT2D eigenvalue weighted by molar-refractivity contribution is -0.660. The van der Waals surface area contributed by atoms with Gasteiger partial charge in [0.05, 0.1) is 0 Å². The molecule has 0 unspecified atom stereocenters. The monoisotopic (exact) mass is 350 g/mol. The van der Waals surface area contributed by atoms with Gasteiger partial charge in [0, 0.05) is 17.7 Å². The summed E-state index contributed by atoms with van der Waals surface area (Å²) in [7, 11) is 2.12. The van der Waals surface area contributed by atoms with Crippen LogP contribution in [0.4, 0.5) is 0 Å². The zero-order chi connectivity index (χ0) is 18.8. The van der Waals surface area contributed by atoms with Gasteiger partial charge in [-0.05, 0) is 53.3 Å². The SMILES string of the molecule is Cc1cc(C)c(-c2cc(-c3ccccc3)cc[n+]2C)cc1-c1ccccc1. The Balaban J connectivity index is 1.89. The zero-order valence-corrected chi connectivity index (χ0v) is 16.1. The highest BCUT2D eigenvalue weighted by Crippen LogP contribution is 2.32. The van der Waals surface area contributed by atoms with E-state index in [0.717, 1.165) is 0 Å². The third kappa shape index (κ3) is 3.41. The van der Waals surface area contributed by atoms with E-state index in [0.29, 0.717) is 0 Å². The first-order valence-corrected chi connectivity index (χ1v) is 9.35. The molecule has 0 saturated heterocycles. The molecule has 0 fully saturated rings. The molecule has 1 heteroatoms. The Kier molecular flexibility index (Phi) is 4.60. The molecule has 0 spiro atoms. The standard InChI is InChI=1S/C26H24N/c1-19-16-20(2)25(18-24(19)22-12-8-5-9-13-22)26-17-23(14-15-27(26)3)21-10-6-4-7-11-21/h4-18H,1-3H3/q+1. The van der Waals surface area contributed by atoms with Crippen LogP contribution in [-0.4, -0.2) is 0 Å². The van der Waals surface area contributed by atoms with E-state index in [1.165, 1.54) is 44.6 Å². The predicted octanol–water partition coefficient (Wildman–Crippen LogP) is 6.13. The van der Waals surface area contributed by atoms with Crippen molar-refractivity contribution in [2.45, 2.75) is 13.8 Å². The smallest absolute Gasteiger partial charge is 0.201 e. The van der Waals surface area contributed by atoms with Crippen LogP contribution >= 0.6 is 0 Å². The summed E-state index contributed by atoms with van der Waals surface area (Å²) in [5.41, 5.74) is 10.2. The average Bonchev–Trinajstić information content (AvgIpc) is 2.70. The lowest BCUT2D eigenvalue weighted by atomic mass is 9.92. The summed E-state index contributed by atoms with van der Waals surface area (Å²) < 4.78 is 2.21. The first-order valence-electron chi connectivity index (χ1n) is 9.35. The molecule has 4 aromatic rings. The van der Waals surface area contributed by atoms with Crippen molar-refractivity contribution in [1.82, 2.24) is 0 Å². The van der Waals surface area contributed by atoms with Crippen molar-refractivity contribution in [1.29, 1.82) is 0 Å². The second-order valence-electron chi connectivity index (χ2n) is 7.13. The van der Waals surface area contributed by atoms with Gasteiger partial charge < -0.3 is 0 Å². The van der Waals surface area contributed by atoms with Gasteiger partial charge in [-0.3, -0.25) is 0 Å². The summed E-state index contributed by atoms with van der Waals surface area (Å²) in [6.07, 6.45) is 2.15. The Bertz CT molecular complexity index is 1080. The van der Waals surface area contributed by atoms with E-state index in [-0.39, 0.29) is 0 Å². The molecule has 0 bridgehead atoms. The average molecular weight is 350 g/mol. The molecule has 4 rings (SSSR count). The normalized spacial score (nSPS) is 10.8. The predicted molar refractivity (Wildman–Crippen MR) is 113 cm³/mol. The van der Waals surface area contributed by atoms with Gasteiger partial charge in [-0.15, -0.1) is 0 Å². The highest BCUT2D eigenvalue weighted by Gasteiger charge is 2.16. The fraction of sp³-hybridized carbons (Fsp3) is 0.115. The number of hydrogen-bond donors (Lipinski definition) is 0. The quantitative estimate of drug-likeness (QED) is 0.391. The first kappa shape index (κ1) is 17.2. The molecule has 3 aromatic carbocycles. The molecule has 27 heavy (non-hydrogen) atoms. The van der Waals surface area contributed by atoms with Crippen LogP contribution in [0.3, 0.4) is 0 Å². The summed E-state index contributed by atoms with van der Waals surface area (Å²) in [4.78, 5) is 0. The van der Waals surface area contributed by atoms with Gasteiger partial charge in [0.1, 0.15) is 7.05 Å². The third-order valence-corrected chi connectivity index (χ3v) is 5.19. The number of hydrogen-bond acceptors (Lipinski definition) is 0. The highest BCUT2D eigenvalue weighted by atomic mass is 14.9. The second-order valence-corrected chi connectivity index (χ2v) is 7.13. The third-order valence-electron chi connectivity index (χ3n) is 5.19. The van der Waals surface area contributed by atoms with Crippen molar-refractivity contribution in [2.24, 2.45) is 7.05 Å². The summed E-state index contributed by atoms with van der Waals surface area (Å²) in [6, 6.07) is 30.3. The molecule has 1 aromatic heterocycles. The topological polar surface area (TPSA) is 3.88 Å². The zero-order valence-electron chi connectivity index (χ0n) is 16.1. The Hall–Kier alpha value is -3.19. The van der Waals surface area contributed by atoms with Crippen LogP contribution in [0.15, 0.2) is 91.1 Å². The Morgan fingerprint density at radius 2 is 1.15 bits per heavy atom. The van der Waals surface area contributed by atoms with E-state index >= 15 is 0 Å². The molecular weight excluding hydrogens is 326 g/mol. The fourth-order valence-corrected chi connectivity index (χ4v) is 3.70. The van der Waals surface area contributed by atoms with E-state index < -0.39 is 0 Å². The van der Waals surface area contributed by atoms with E-state index in [4.69, 9.17) is 0 Å². The molecule has 0 saturated carbocycles. The van der Waals surface area contributed by atoms with Crippen LogP contribution < -0.4 is 4.57 Å². The molecule has 0 N–H and O–H groups in total. The summed E-state index contributed by atoms with van der Waals surface area (Å²) in [5, 5.41) is 0. The maximum Gasteiger partial charge on any atom is 0.213 e. The molecular formula is C26H24N+. The molecule has 0 radical (unpaired) electrons. The Morgan fingerprint density at radius 1 is 0.556 bits per heavy atom. The van der Waals surface area contributed by atoms with Crippen molar-refractivity contribution in [3.63, 3.8) is 0 Å². The highest BCUT2D eigenvalue weighted by molar-refractivity contribution is 5.77. The fourth-order valence-electron chi connectivity index (χ4n) is 3.70. The molecule has 0 atom stereocenters. The summed E-state index contributed by atoms with van der Waals surface area (Å²) >= 11 is 0. The first-order chi connectivity index (χ1) is 13.1. The lowest BCUT2D eigenvalue weighted by Crippen LogP contribution is -2.30. The maximum absolute atomic E-state index is 2.34. The largest absolute Gasteiger partial charge is 0.213 e. The Labute approximate surface area is 161 Å². The molecule has 132 valence electrons. The van der Waals surface area contributed by atoms with Gasteiger partial charge in [-0.2, -0.15) is 0 Å². The molecule has 1 nitrogen and oxygen atoms in total. The van der Waals surface area contributed by atoms with Crippen molar-refractivity contribution >= 4 is 0 Å². The number of aryl methyl sites for hydroxylation is 3. The van der Waals surface area contributed by atoms with Crippen LogP contribution in [0.25, 0.3) is 33.5 Å². The van der Waals surface area contributed by atoms with E-state index in [9.17, 15) is 0 Å². The number of rotatable bonds is 3. The van der Waals surface area contributed by atoms with Crippen LogP contribution in [0.1, 0.15) is 11.1 Å². The van der Waals surface area contributed by atoms with Gasteiger partial charge >= 0.3 is 0 Å². The second kappa shape index (κ2) is 7.20. The van der Waals surface area contributed by atoms with Gasteiger partial charge in [0.2, 0.25) is 5.69 Å². The molecule has 0 aliphatic heterocycles. The van der Waals surface area contributed by atoms with Crippen molar-refractivity contribution < 1.29 is 4.57 Å². The number of aromatic nitrogens is 1. The number of nitrogens with zero attached hydrogens (tertiary/aromatic N) is 1. The molecule has 0 aliphatic rings. The Morgan fingerprint density at radius 3 is 1.81 bits per heavy atom. The van der Waals surface area contributed by atoms with E-state index in [2.05, 4.69) is 117 Å². The number of pyridine rings is 1. The van der Waals surface area contributed by atoms with Crippen LogP contribution in [-0.2, 0) is 7.05 Å². The van der Waals surface area contributed by atoms with Gasteiger partial charge in [-0.1, -0.05) is 66.7 Å². The van der Waals surface area contributed by atoms with Gasteiger partial charge in [0.15, 0.2) is 6.20 Å². The maximum atomic E-state index is 2.34. The van der Waals surface area contributed by atoms with Crippen LogP contribution in [0.2, 0.25) is 0 Å². The van der Waals surface area contributed by atoms with Crippen molar-refractivity contribution in [3.8, 4) is 33.5 Å². The van der Waals surface area contributed by atoms with E-state index in [1.807, 2.05) is 0 Å². The van der Waals surface area contributed by atoms with Crippen LogP contribution in [0, 0.1) is 13.8 Å². The molecule has 1 heterocycles. The summed E-state index contributed by atoms with van der Waals surface area (Å²) in [6.45, 7) is 4.39. The molecule has 0 aliphatic carbocycles.